The van der Waals surface area contributed by atoms with Crippen LogP contribution in [0.3, 0.4) is 0 Å². The maximum absolute atomic E-state index is 11.2. The van der Waals surface area contributed by atoms with Gasteiger partial charge >= 0.3 is 5.97 Å². The topological polar surface area (TPSA) is 46.5 Å². The van der Waals surface area contributed by atoms with Crippen LogP contribution in [-0.2, 0) is 9.53 Å². The third kappa shape index (κ3) is 2.66. The molecule has 0 aromatic carbocycles. The van der Waals surface area contributed by atoms with Crippen LogP contribution in [0, 0.1) is 0 Å². The number of ether oxygens (including phenoxy) is 1. The first-order chi connectivity index (χ1) is 5.60. The van der Waals surface area contributed by atoms with E-state index in [1.165, 1.54) is 6.08 Å². The minimum Gasteiger partial charge on any atom is -0.464 e. The van der Waals surface area contributed by atoms with Gasteiger partial charge in [-0.05, 0) is 13.3 Å². The van der Waals surface area contributed by atoms with Gasteiger partial charge in [0, 0.05) is 6.42 Å². The summed E-state index contributed by atoms with van der Waals surface area (Å²) in [4.78, 5) is 11.2. The normalized spacial score (nSPS) is 14.9. The summed E-state index contributed by atoms with van der Waals surface area (Å²) in [6, 6.07) is 0. The van der Waals surface area contributed by atoms with E-state index in [2.05, 4.69) is 6.58 Å². The number of aliphatic hydroxyl groups is 1. The van der Waals surface area contributed by atoms with Gasteiger partial charge in [0.2, 0.25) is 0 Å². The van der Waals surface area contributed by atoms with E-state index in [1.54, 1.807) is 13.8 Å². The lowest BCUT2D eigenvalue weighted by Gasteiger charge is -2.22. The number of carbonyl (C=O) groups excluding carboxylic acids is 1. The van der Waals surface area contributed by atoms with E-state index >= 15 is 0 Å². The van der Waals surface area contributed by atoms with E-state index in [0.29, 0.717) is 6.42 Å². The standard InChI is InChI=1S/C9H16O3/c1-4-7-9(11,5-2)8(10)12-6-3/h4,11H,1,5-7H2,2-3H3. The van der Waals surface area contributed by atoms with Crippen LogP contribution in [-0.4, -0.2) is 23.3 Å². The van der Waals surface area contributed by atoms with E-state index in [9.17, 15) is 9.90 Å². The molecule has 70 valence electrons. The summed E-state index contributed by atoms with van der Waals surface area (Å²) >= 11 is 0. The van der Waals surface area contributed by atoms with Crippen molar-refractivity contribution in [2.75, 3.05) is 6.61 Å². The fraction of sp³-hybridized carbons (Fsp3) is 0.667. The molecule has 0 aliphatic carbocycles. The third-order valence-corrected chi connectivity index (χ3v) is 1.72. The highest BCUT2D eigenvalue weighted by Crippen LogP contribution is 2.17. The van der Waals surface area contributed by atoms with E-state index in [0.717, 1.165) is 0 Å². The molecule has 0 saturated carbocycles. The first-order valence-electron chi connectivity index (χ1n) is 4.11. The molecule has 0 amide bonds. The second kappa shape index (κ2) is 4.93. The molecule has 0 rings (SSSR count). The van der Waals surface area contributed by atoms with Gasteiger partial charge in [0.15, 0.2) is 5.60 Å². The Hall–Kier alpha value is -0.830. The lowest BCUT2D eigenvalue weighted by Crippen LogP contribution is -2.38. The van der Waals surface area contributed by atoms with Crippen LogP contribution in [0.25, 0.3) is 0 Å². The molecular formula is C9H16O3. The van der Waals surface area contributed by atoms with Crippen molar-refractivity contribution in [2.45, 2.75) is 32.3 Å². The highest BCUT2D eigenvalue weighted by atomic mass is 16.5. The zero-order valence-corrected chi connectivity index (χ0v) is 7.67. The van der Waals surface area contributed by atoms with Gasteiger partial charge in [0.05, 0.1) is 6.61 Å². The summed E-state index contributed by atoms with van der Waals surface area (Å²) in [6.07, 6.45) is 2.10. The second-order valence-electron chi connectivity index (χ2n) is 2.60. The lowest BCUT2D eigenvalue weighted by molar-refractivity contribution is -0.165. The van der Waals surface area contributed by atoms with Crippen molar-refractivity contribution in [3.05, 3.63) is 12.7 Å². The molecule has 0 heterocycles. The van der Waals surface area contributed by atoms with Crippen LogP contribution in [0.5, 0.6) is 0 Å². The smallest absolute Gasteiger partial charge is 0.338 e. The average Bonchev–Trinajstić information content (AvgIpc) is 2.05. The quantitative estimate of drug-likeness (QED) is 0.501. The van der Waals surface area contributed by atoms with E-state index < -0.39 is 11.6 Å². The summed E-state index contributed by atoms with van der Waals surface area (Å²) in [5, 5.41) is 9.67. The van der Waals surface area contributed by atoms with Gasteiger partial charge < -0.3 is 9.84 Å². The summed E-state index contributed by atoms with van der Waals surface area (Å²) in [6.45, 7) is 7.21. The molecule has 3 nitrogen and oxygen atoms in total. The average molecular weight is 172 g/mol. The molecule has 3 heteroatoms. The maximum Gasteiger partial charge on any atom is 0.338 e. The zero-order valence-electron chi connectivity index (χ0n) is 7.67. The molecule has 0 aliphatic rings. The molecular weight excluding hydrogens is 156 g/mol. The summed E-state index contributed by atoms with van der Waals surface area (Å²) < 4.78 is 4.71. The maximum atomic E-state index is 11.2. The Balaban J connectivity index is 4.28. The van der Waals surface area contributed by atoms with Crippen LogP contribution in [0.1, 0.15) is 26.7 Å². The van der Waals surface area contributed by atoms with Crippen molar-refractivity contribution in [2.24, 2.45) is 0 Å². The number of hydrogen-bond acceptors (Lipinski definition) is 3. The Labute approximate surface area is 73.0 Å². The largest absolute Gasteiger partial charge is 0.464 e. The number of rotatable bonds is 5. The Morgan fingerprint density at radius 2 is 2.25 bits per heavy atom. The van der Waals surface area contributed by atoms with Crippen LogP contribution in [0.15, 0.2) is 12.7 Å². The van der Waals surface area contributed by atoms with Crippen LogP contribution >= 0.6 is 0 Å². The molecule has 0 saturated heterocycles. The molecule has 0 aromatic rings. The van der Waals surface area contributed by atoms with Crippen molar-refractivity contribution in [1.29, 1.82) is 0 Å². The van der Waals surface area contributed by atoms with Gasteiger partial charge in [0.1, 0.15) is 0 Å². The molecule has 1 atom stereocenters. The molecule has 0 radical (unpaired) electrons. The Morgan fingerprint density at radius 3 is 2.58 bits per heavy atom. The van der Waals surface area contributed by atoms with Crippen LogP contribution in [0.4, 0.5) is 0 Å². The van der Waals surface area contributed by atoms with Gasteiger partial charge in [-0.2, -0.15) is 0 Å². The number of esters is 1. The predicted octanol–water partition coefficient (Wildman–Crippen LogP) is 1.27. The molecule has 1 N–H and O–H groups in total. The fourth-order valence-corrected chi connectivity index (χ4v) is 0.876. The Morgan fingerprint density at radius 1 is 1.67 bits per heavy atom. The number of carbonyl (C=O) groups is 1. The fourth-order valence-electron chi connectivity index (χ4n) is 0.876. The monoisotopic (exact) mass is 172 g/mol. The van der Waals surface area contributed by atoms with E-state index in [4.69, 9.17) is 4.74 Å². The van der Waals surface area contributed by atoms with Gasteiger partial charge in [-0.3, -0.25) is 0 Å². The van der Waals surface area contributed by atoms with Gasteiger partial charge in [-0.1, -0.05) is 13.0 Å². The highest BCUT2D eigenvalue weighted by molar-refractivity contribution is 5.79. The Bertz CT molecular complexity index is 165. The van der Waals surface area contributed by atoms with Crippen molar-refractivity contribution in [1.82, 2.24) is 0 Å². The number of hydrogen-bond donors (Lipinski definition) is 1. The van der Waals surface area contributed by atoms with Crippen LogP contribution in [0.2, 0.25) is 0 Å². The first kappa shape index (κ1) is 11.2. The minimum absolute atomic E-state index is 0.238. The lowest BCUT2D eigenvalue weighted by atomic mass is 9.97. The molecule has 1 unspecified atom stereocenters. The summed E-state index contributed by atoms with van der Waals surface area (Å²) in [5.74, 6) is -0.563. The minimum atomic E-state index is -1.38. The van der Waals surface area contributed by atoms with Gasteiger partial charge in [-0.15, -0.1) is 6.58 Å². The highest BCUT2D eigenvalue weighted by Gasteiger charge is 2.33. The molecule has 0 aliphatic heterocycles. The van der Waals surface area contributed by atoms with Crippen molar-refractivity contribution in [3.63, 3.8) is 0 Å². The van der Waals surface area contributed by atoms with Crippen molar-refractivity contribution < 1.29 is 14.6 Å². The summed E-state index contributed by atoms with van der Waals surface area (Å²) in [5.41, 5.74) is -1.38. The SMILES string of the molecule is C=CCC(O)(CC)C(=O)OCC. The van der Waals surface area contributed by atoms with Gasteiger partial charge in [-0.25, -0.2) is 4.79 Å². The second-order valence-corrected chi connectivity index (χ2v) is 2.60. The van der Waals surface area contributed by atoms with E-state index in [-0.39, 0.29) is 13.0 Å². The molecule has 0 fully saturated rings. The van der Waals surface area contributed by atoms with Crippen LogP contribution < -0.4 is 0 Å². The predicted molar refractivity (Wildman–Crippen MR) is 46.7 cm³/mol. The first-order valence-corrected chi connectivity index (χ1v) is 4.11. The Kier molecular flexibility index (Phi) is 4.59. The zero-order chi connectivity index (χ0) is 9.61. The van der Waals surface area contributed by atoms with Gasteiger partial charge in [0.25, 0.3) is 0 Å². The molecule has 12 heavy (non-hydrogen) atoms. The van der Waals surface area contributed by atoms with E-state index in [1.807, 2.05) is 0 Å². The van der Waals surface area contributed by atoms with Crippen molar-refractivity contribution in [3.8, 4) is 0 Å². The van der Waals surface area contributed by atoms with Crippen molar-refractivity contribution >= 4 is 5.97 Å². The molecule has 0 aromatic heterocycles. The third-order valence-electron chi connectivity index (χ3n) is 1.72. The molecule has 0 bridgehead atoms. The summed E-state index contributed by atoms with van der Waals surface area (Å²) in [7, 11) is 0. The molecule has 0 spiro atoms.